The highest BCUT2D eigenvalue weighted by atomic mass is 32.2. The maximum Gasteiger partial charge on any atom is 0.318 e. The molecule has 2 atom stereocenters. The Morgan fingerprint density at radius 2 is 2.08 bits per heavy atom. The van der Waals surface area contributed by atoms with Gasteiger partial charge in [0.2, 0.25) is 5.91 Å². The SMILES string of the molecule is CC[C@@H](C)Cc1c(C)sc2nc(S[C@H](C)C(=O)NC(N)=O)[nH]c(=O)c12. The molecule has 0 aromatic carbocycles. The van der Waals surface area contributed by atoms with Crippen LogP contribution in [-0.2, 0) is 11.2 Å². The number of nitrogens with two attached hydrogens (primary N) is 1. The second kappa shape index (κ2) is 8.01. The fourth-order valence-corrected chi connectivity index (χ4v) is 4.30. The molecule has 0 aliphatic heterocycles. The minimum Gasteiger partial charge on any atom is -0.351 e. The van der Waals surface area contributed by atoms with Crippen molar-refractivity contribution in [1.29, 1.82) is 0 Å². The van der Waals surface area contributed by atoms with Gasteiger partial charge in [-0.15, -0.1) is 11.3 Å². The number of carbonyl (C=O) groups is 2. The van der Waals surface area contributed by atoms with Gasteiger partial charge in [-0.1, -0.05) is 32.0 Å². The Morgan fingerprint density at radius 1 is 1.40 bits per heavy atom. The van der Waals surface area contributed by atoms with Crippen molar-refractivity contribution >= 4 is 45.3 Å². The highest BCUT2D eigenvalue weighted by molar-refractivity contribution is 8.00. The normalized spacial score (nSPS) is 13.6. The molecule has 2 aromatic rings. The van der Waals surface area contributed by atoms with Gasteiger partial charge in [0.05, 0.1) is 10.6 Å². The van der Waals surface area contributed by atoms with Gasteiger partial charge in [-0.05, 0) is 31.7 Å². The third kappa shape index (κ3) is 4.60. The summed E-state index contributed by atoms with van der Waals surface area (Å²) >= 11 is 2.56. The first kappa shape index (κ1) is 19.5. The number of thioether (sulfide) groups is 1. The number of urea groups is 1. The summed E-state index contributed by atoms with van der Waals surface area (Å²) in [7, 11) is 0. The molecule has 2 heterocycles. The zero-order valence-electron chi connectivity index (χ0n) is 14.6. The Labute approximate surface area is 153 Å². The summed E-state index contributed by atoms with van der Waals surface area (Å²) in [5, 5.41) is 2.39. The van der Waals surface area contributed by atoms with E-state index in [2.05, 4.69) is 23.8 Å². The molecule has 7 nitrogen and oxygen atoms in total. The Kier molecular flexibility index (Phi) is 6.23. The number of aryl methyl sites for hydroxylation is 1. The standard InChI is InChI=1S/C16H22N4O3S2/c1-5-7(2)6-10-8(3)24-14-11(10)13(22)19-16(20-14)25-9(4)12(21)18-15(17)23/h7,9H,5-6H2,1-4H3,(H,19,20,22)(H3,17,18,21,23)/t7-,9-/m1/s1. The first-order valence-electron chi connectivity index (χ1n) is 8.02. The predicted molar refractivity (Wildman–Crippen MR) is 101 cm³/mol. The van der Waals surface area contributed by atoms with E-state index in [9.17, 15) is 14.4 Å². The number of primary amides is 1. The minimum absolute atomic E-state index is 0.197. The molecular weight excluding hydrogens is 360 g/mol. The Hall–Kier alpha value is -1.87. The molecule has 3 amide bonds. The Balaban J connectivity index is 2.32. The molecule has 0 unspecified atom stereocenters. The smallest absolute Gasteiger partial charge is 0.318 e. The lowest BCUT2D eigenvalue weighted by molar-refractivity contribution is -0.119. The maximum atomic E-state index is 12.6. The van der Waals surface area contributed by atoms with Crippen LogP contribution in [0.5, 0.6) is 0 Å². The van der Waals surface area contributed by atoms with Crippen molar-refractivity contribution in [2.75, 3.05) is 0 Å². The van der Waals surface area contributed by atoms with Crippen LogP contribution in [0.15, 0.2) is 9.95 Å². The molecule has 0 saturated carbocycles. The quantitative estimate of drug-likeness (QED) is 0.524. The number of fused-ring (bicyclic) bond motifs is 1. The van der Waals surface area contributed by atoms with Crippen molar-refractivity contribution in [2.45, 2.75) is 50.9 Å². The molecule has 4 N–H and O–H groups in total. The van der Waals surface area contributed by atoms with E-state index in [1.165, 1.54) is 11.3 Å². The first-order valence-corrected chi connectivity index (χ1v) is 9.71. The number of carbonyl (C=O) groups excluding carboxylic acids is 2. The average Bonchev–Trinajstić information content (AvgIpc) is 2.82. The van der Waals surface area contributed by atoms with Gasteiger partial charge in [0.1, 0.15) is 4.83 Å². The van der Waals surface area contributed by atoms with E-state index in [1.807, 2.05) is 12.2 Å². The van der Waals surface area contributed by atoms with Gasteiger partial charge in [0.25, 0.3) is 5.56 Å². The predicted octanol–water partition coefficient (Wildman–Crippen LogP) is 2.56. The van der Waals surface area contributed by atoms with Crippen LogP contribution in [0.25, 0.3) is 10.2 Å². The van der Waals surface area contributed by atoms with Crippen molar-refractivity contribution in [3.8, 4) is 0 Å². The van der Waals surface area contributed by atoms with Crippen molar-refractivity contribution in [1.82, 2.24) is 15.3 Å². The molecule has 0 aliphatic rings. The summed E-state index contributed by atoms with van der Waals surface area (Å²) < 4.78 is 0. The van der Waals surface area contributed by atoms with E-state index in [-0.39, 0.29) is 5.56 Å². The number of hydrogen-bond acceptors (Lipinski definition) is 6. The maximum absolute atomic E-state index is 12.6. The largest absolute Gasteiger partial charge is 0.351 e. The minimum atomic E-state index is -0.905. The summed E-state index contributed by atoms with van der Waals surface area (Å²) in [5.41, 5.74) is 5.80. The van der Waals surface area contributed by atoms with Crippen molar-refractivity contribution in [3.05, 3.63) is 20.8 Å². The van der Waals surface area contributed by atoms with Crippen molar-refractivity contribution in [3.63, 3.8) is 0 Å². The average molecular weight is 383 g/mol. The summed E-state index contributed by atoms with van der Waals surface area (Å²) in [6.45, 7) is 7.90. The number of imide groups is 1. The van der Waals surface area contributed by atoms with Crippen LogP contribution in [0.1, 0.15) is 37.6 Å². The number of H-pyrrole nitrogens is 1. The molecule has 0 saturated heterocycles. The van der Waals surface area contributed by atoms with Crippen LogP contribution in [-0.4, -0.2) is 27.2 Å². The van der Waals surface area contributed by atoms with Crippen LogP contribution in [0.3, 0.4) is 0 Å². The number of nitrogens with one attached hydrogen (secondary N) is 2. The lowest BCUT2D eigenvalue weighted by Gasteiger charge is -2.10. The van der Waals surface area contributed by atoms with E-state index in [0.717, 1.165) is 35.0 Å². The second-order valence-electron chi connectivity index (χ2n) is 6.02. The molecular formula is C16H22N4O3S2. The van der Waals surface area contributed by atoms with Crippen LogP contribution < -0.4 is 16.6 Å². The zero-order valence-corrected chi connectivity index (χ0v) is 16.3. The molecule has 25 heavy (non-hydrogen) atoms. The van der Waals surface area contributed by atoms with E-state index >= 15 is 0 Å². The van der Waals surface area contributed by atoms with Gasteiger partial charge < -0.3 is 10.7 Å². The molecule has 2 aromatic heterocycles. The highest BCUT2D eigenvalue weighted by Crippen LogP contribution is 2.31. The van der Waals surface area contributed by atoms with Crippen LogP contribution in [0, 0.1) is 12.8 Å². The third-order valence-corrected chi connectivity index (χ3v) is 6.02. The fraction of sp³-hybridized carbons (Fsp3) is 0.500. The molecule has 136 valence electrons. The molecule has 0 fully saturated rings. The van der Waals surface area contributed by atoms with Crippen molar-refractivity contribution in [2.24, 2.45) is 11.7 Å². The van der Waals surface area contributed by atoms with Gasteiger partial charge in [0.15, 0.2) is 5.16 Å². The number of aromatic nitrogens is 2. The summed E-state index contributed by atoms with van der Waals surface area (Å²) in [4.78, 5) is 44.1. The number of nitrogens with zero attached hydrogens (tertiary/aromatic N) is 1. The lowest BCUT2D eigenvalue weighted by Crippen LogP contribution is -2.39. The lowest BCUT2D eigenvalue weighted by atomic mass is 9.98. The second-order valence-corrected chi connectivity index (χ2v) is 8.55. The molecule has 0 radical (unpaired) electrons. The van der Waals surface area contributed by atoms with E-state index in [4.69, 9.17) is 5.73 Å². The van der Waals surface area contributed by atoms with Crippen LogP contribution in [0.2, 0.25) is 0 Å². The Bertz CT molecular complexity index is 859. The molecule has 0 aliphatic carbocycles. The molecule has 2 rings (SSSR count). The van der Waals surface area contributed by atoms with Crippen LogP contribution >= 0.6 is 23.1 Å². The number of thiophene rings is 1. The number of hydrogen-bond donors (Lipinski definition) is 3. The van der Waals surface area contributed by atoms with Gasteiger partial charge >= 0.3 is 6.03 Å². The van der Waals surface area contributed by atoms with Gasteiger partial charge in [-0.3, -0.25) is 14.9 Å². The molecule has 0 spiro atoms. The monoisotopic (exact) mass is 382 g/mol. The van der Waals surface area contributed by atoms with E-state index in [1.54, 1.807) is 6.92 Å². The van der Waals surface area contributed by atoms with Gasteiger partial charge in [0, 0.05) is 4.88 Å². The third-order valence-electron chi connectivity index (χ3n) is 3.99. The van der Waals surface area contributed by atoms with Crippen molar-refractivity contribution < 1.29 is 9.59 Å². The summed E-state index contributed by atoms with van der Waals surface area (Å²) in [6, 6.07) is -0.905. The summed E-state index contributed by atoms with van der Waals surface area (Å²) in [6.07, 6.45) is 1.89. The number of rotatable bonds is 6. The molecule has 0 bridgehead atoms. The number of aromatic amines is 1. The molecule has 9 heteroatoms. The van der Waals surface area contributed by atoms with E-state index in [0.29, 0.717) is 21.3 Å². The van der Waals surface area contributed by atoms with Gasteiger partial charge in [-0.2, -0.15) is 0 Å². The summed E-state index contributed by atoms with van der Waals surface area (Å²) in [5.74, 6) is -0.0393. The topological polar surface area (TPSA) is 118 Å². The highest BCUT2D eigenvalue weighted by Gasteiger charge is 2.20. The van der Waals surface area contributed by atoms with Gasteiger partial charge in [-0.25, -0.2) is 9.78 Å². The van der Waals surface area contributed by atoms with Crippen LogP contribution in [0.4, 0.5) is 4.79 Å². The number of amides is 3. The first-order chi connectivity index (χ1) is 11.7. The fourth-order valence-electron chi connectivity index (χ4n) is 2.39. The zero-order chi connectivity index (χ0) is 18.7. The Morgan fingerprint density at radius 3 is 2.68 bits per heavy atom. The van der Waals surface area contributed by atoms with E-state index < -0.39 is 17.2 Å².